The zero-order chi connectivity index (χ0) is 21.1. The Morgan fingerprint density at radius 2 is 1.75 bits per heavy atom. The molecule has 0 aliphatic rings. The van der Waals surface area contributed by atoms with Crippen LogP contribution in [0.15, 0.2) is 41.3 Å². The Hall–Kier alpha value is -2.38. The second-order valence-corrected chi connectivity index (χ2v) is 9.40. The van der Waals surface area contributed by atoms with E-state index in [1.54, 1.807) is 19.1 Å². The fourth-order valence-corrected chi connectivity index (χ4v) is 4.03. The fourth-order valence-electron chi connectivity index (χ4n) is 2.88. The molecule has 0 aromatic heterocycles. The molecule has 0 aliphatic heterocycles. The predicted molar refractivity (Wildman–Crippen MR) is 111 cm³/mol. The van der Waals surface area contributed by atoms with Crippen molar-refractivity contribution in [3.05, 3.63) is 53.1 Å². The van der Waals surface area contributed by atoms with Gasteiger partial charge in [-0.15, -0.1) is 0 Å². The second-order valence-electron chi connectivity index (χ2n) is 7.28. The lowest BCUT2D eigenvalue weighted by Gasteiger charge is -2.15. The zero-order valence-corrected chi connectivity index (χ0v) is 18.1. The molecule has 0 unspecified atom stereocenters. The van der Waals surface area contributed by atoms with Gasteiger partial charge in [0.05, 0.1) is 4.90 Å². The van der Waals surface area contributed by atoms with Crippen molar-refractivity contribution in [1.82, 2.24) is 4.31 Å². The van der Waals surface area contributed by atoms with E-state index in [1.165, 1.54) is 25.7 Å². The van der Waals surface area contributed by atoms with Crippen LogP contribution in [0.4, 0.5) is 5.69 Å². The number of ether oxygens (including phenoxy) is 1. The first-order chi connectivity index (χ1) is 13.0. The molecule has 2 aromatic carbocycles. The van der Waals surface area contributed by atoms with Gasteiger partial charge in [-0.1, -0.05) is 26.0 Å². The summed E-state index contributed by atoms with van der Waals surface area (Å²) < 4.78 is 31.5. The van der Waals surface area contributed by atoms with Gasteiger partial charge in [-0.25, -0.2) is 12.7 Å². The normalized spacial score (nSPS) is 11.7. The van der Waals surface area contributed by atoms with Crippen molar-refractivity contribution in [1.29, 1.82) is 0 Å². The van der Waals surface area contributed by atoms with Gasteiger partial charge in [0.1, 0.15) is 5.75 Å². The molecule has 0 saturated heterocycles. The number of benzene rings is 2. The number of carbonyl (C=O) groups excluding carboxylic acids is 1. The van der Waals surface area contributed by atoms with E-state index in [0.29, 0.717) is 22.9 Å². The molecule has 0 spiro atoms. The van der Waals surface area contributed by atoms with Crippen molar-refractivity contribution >= 4 is 21.6 Å². The van der Waals surface area contributed by atoms with E-state index in [2.05, 4.69) is 19.2 Å². The lowest BCUT2D eigenvalue weighted by atomic mass is 9.98. The van der Waals surface area contributed by atoms with E-state index in [4.69, 9.17) is 4.74 Å². The maximum Gasteiger partial charge on any atom is 0.262 e. The van der Waals surface area contributed by atoms with Crippen molar-refractivity contribution in [3.8, 4) is 5.75 Å². The summed E-state index contributed by atoms with van der Waals surface area (Å²) in [5.74, 6) is 0.686. The van der Waals surface area contributed by atoms with E-state index in [0.717, 1.165) is 9.87 Å². The summed E-state index contributed by atoms with van der Waals surface area (Å²) in [5.41, 5.74) is 3.38. The molecule has 1 amide bonds. The van der Waals surface area contributed by atoms with Crippen LogP contribution in [0.5, 0.6) is 5.75 Å². The number of sulfonamides is 1. The highest BCUT2D eigenvalue weighted by atomic mass is 32.2. The summed E-state index contributed by atoms with van der Waals surface area (Å²) in [6, 6.07) is 10.6. The molecule has 2 rings (SSSR count). The zero-order valence-electron chi connectivity index (χ0n) is 17.2. The largest absolute Gasteiger partial charge is 0.484 e. The highest BCUT2D eigenvalue weighted by Gasteiger charge is 2.20. The summed E-state index contributed by atoms with van der Waals surface area (Å²) in [6.45, 7) is 7.82. The van der Waals surface area contributed by atoms with Crippen LogP contribution in [0.2, 0.25) is 0 Å². The highest BCUT2D eigenvalue weighted by molar-refractivity contribution is 7.89. The van der Waals surface area contributed by atoms with Gasteiger partial charge in [0.25, 0.3) is 5.91 Å². The minimum Gasteiger partial charge on any atom is -0.484 e. The maximum absolute atomic E-state index is 12.4. The van der Waals surface area contributed by atoms with E-state index >= 15 is 0 Å². The first-order valence-corrected chi connectivity index (χ1v) is 10.5. The molecule has 0 aliphatic carbocycles. The van der Waals surface area contributed by atoms with Crippen molar-refractivity contribution in [3.63, 3.8) is 0 Å². The van der Waals surface area contributed by atoms with Gasteiger partial charge < -0.3 is 10.1 Å². The van der Waals surface area contributed by atoms with E-state index < -0.39 is 10.0 Å². The molecule has 6 nitrogen and oxygen atoms in total. The average Bonchev–Trinajstić information content (AvgIpc) is 2.61. The standard InChI is InChI=1S/C21H28N2O4S/c1-14(2)19-10-9-18(11-16(19)4)27-13-21(24)22-17-8-7-15(3)20(12-17)28(25,26)23(5)6/h7-12,14H,13H2,1-6H3,(H,22,24). The minimum absolute atomic E-state index is 0.163. The lowest BCUT2D eigenvalue weighted by Crippen LogP contribution is -2.24. The Bertz CT molecular complexity index is 966. The first kappa shape index (κ1) is 21.9. The number of rotatable bonds is 7. The Balaban J connectivity index is 2.07. The quantitative estimate of drug-likeness (QED) is 0.764. The van der Waals surface area contributed by atoms with Crippen LogP contribution in [-0.4, -0.2) is 39.3 Å². The van der Waals surface area contributed by atoms with Crippen LogP contribution in [-0.2, 0) is 14.8 Å². The number of carbonyl (C=O) groups is 1. The van der Waals surface area contributed by atoms with Crippen LogP contribution in [0.1, 0.15) is 36.5 Å². The molecule has 0 heterocycles. The van der Waals surface area contributed by atoms with Crippen LogP contribution >= 0.6 is 0 Å². The van der Waals surface area contributed by atoms with Crippen molar-refractivity contribution < 1.29 is 17.9 Å². The monoisotopic (exact) mass is 404 g/mol. The first-order valence-electron chi connectivity index (χ1n) is 9.08. The Morgan fingerprint density at radius 1 is 1.07 bits per heavy atom. The van der Waals surface area contributed by atoms with Gasteiger partial charge in [-0.2, -0.15) is 0 Å². The molecular weight excluding hydrogens is 376 g/mol. The third kappa shape index (κ3) is 5.11. The predicted octanol–water partition coefficient (Wildman–Crippen LogP) is 3.69. The smallest absolute Gasteiger partial charge is 0.262 e. The summed E-state index contributed by atoms with van der Waals surface area (Å²) in [6.07, 6.45) is 0. The van der Waals surface area contributed by atoms with Gasteiger partial charge in [0.15, 0.2) is 6.61 Å². The molecule has 0 bridgehead atoms. The van der Waals surface area contributed by atoms with E-state index in [-0.39, 0.29) is 17.4 Å². The third-order valence-electron chi connectivity index (χ3n) is 4.46. The molecule has 7 heteroatoms. The van der Waals surface area contributed by atoms with Crippen LogP contribution in [0.25, 0.3) is 0 Å². The summed E-state index contributed by atoms with van der Waals surface area (Å²) in [4.78, 5) is 12.4. The number of nitrogens with one attached hydrogen (secondary N) is 1. The summed E-state index contributed by atoms with van der Waals surface area (Å²) in [7, 11) is -0.641. The van der Waals surface area contributed by atoms with Gasteiger partial charge in [0, 0.05) is 19.8 Å². The van der Waals surface area contributed by atoms with E-state index in [9.17, 15) is 13.2 Å². The Morgan fingerprint density at radius 3 is 2.32 bits per heavy atom. The van der Waals surface area contributed by atoms with Crippen molar-refractivity contribution in [2.75, 3.05) is 26.0 Å². The molecule has 0 radical (unpaired) electrons. The molecular formula is C21H28N2O4S. The summed E-state index contributed by atoms with van der Waals surface area (Å²) in [5, 5.41) is 2.69. The molecule has 0 fully saturated rings. The number of hydrogen-bond donors (Lipinski definition) is 1. The van der Waals surface area contributed by atoms with Crippen LogP contribution < -0.4 is 10.1 Å². The maximum atomic E-state index is 12.4. The lowest BCUT2D eigenvalue weighted by molar-refractivity contribution is -0.118. The number of amides is 1. The number of nitrogens with zero attached hydrogens (tertiary/aromatic N) is 1. The third-order valence-corrected chi connectivity index (χ3v) is 6.42. The van der Waals surface area contributed by atoms with Gasteiger partial charge in [0.2, 0.25) is 10.0 Å². The number of anilines is 1. The van der Waals surface area contributed by atoms with Gasteiger partial charge >= 0.3 is 0 Å². The Labute approximate surface area is 167 Å². The SMILES string of the molecule is Cc1cc(OCC(=O)Nc2ccc(C)c(S(=O)(=O)N(C)C)c2)ccc1C(C)C. The minimum atomic E-state index is -3.59. The molecule has 152 valence electrons. The van der Waals surface area contributed by atoms with Crippen LogP contribution in [0, 0.1) is 13.8 Å². The number of aryl methyl sites for hydroxylation is 2. The van der Waals surface area contributed by atoms with Gasteiger partial charge in [-0.3, -0.25) is 4.79 Å². The van der Waals surface area contributed by atoms with E-state index in [1.807, 2.05) is 25.1 Å². The summed E-state index contributed by atoms with van der Waals surface area (Å²) >= 11 is 0. The average molecular weight is 405 g/mol. The highest BCUT2D eigenvalue weighted by Crippen LogP contribution is 2.24. The molecule has 0 saturated carbocycles. The Kier molecular flexibility index (Phi) is 6.85. The van der Waals surface area contributed by atoms with Gasteiger partial charge in [-0.05, 0) is 60.7 Å². The van der Waals surface area contributed by atoms with Crippen molar-refractivity contribution in [2.24, 2.45) is 0 Å². The van der Waals surface area contributed by atoms with Crippen LogP contribution in [0.3, 0.4) is 0 Å². The second kappa shape index (κ2) is 8.75. The molecule has 2 aromatic rings. The fraction of sp³-hybridized carbons (Fsp3) is 0.381. The molecule has 28 heavy (non-hydrogen) atoms. The topological polar surface area (TPSA) is 75.7 Å². The molecule has 1 N–H and O–H groups in total. The molecule has 0 atom stereocenters. The number of hydrogen-bond acceptors (Lipinski definition) is 4. The van der Waals surface area contributed by atoms with Crippen molar-refractivity contribution in [2.45, 2.75) is 38.5 Å².